The van der Waals surface area contributed by atoms with E-state index in [0.29, 0.717) is 0 Å². The SMILES string of the molecule is CC(C)(C)c1ccc2c(N(c3ccccc3)c3cccc(-n4c5ccccc5c5ccccc54)c3)c3ccccc3c(N(c3ccccc3)c3cccc(-n4c5ccccc5c5ccccc54)c3)c2c1. The molecule has 0 saturated heterocycles. The molecule has 0 amide bonds. The van der Waals surface area contributed by atoms with Crippen LogP contribution in [0, 0.1) is 0 Å². The number of rotatable bonds is 8. The van der Waals surface area contributed by atoms with Crippen molar-refractivity contribution in [2.45, 2.75) is 26.2 Å². The van der Waals surface area contributed by atoms with Gasteiger partial charge in [0.15, 0.2) is 0 Å². The first-order valence-electron chi connectivity index (χ1n) is 24.3. The lowest BCUT2D eigenvalue weighted by atomic mass is 9.84. The average molecular weight is 899 g/mol. The Hall–Kier alpha value is -8.86. The van der Waals surface area contributed by atoms with Crippen LogP contribution in [0.1, 0.15) is 26.3 Å². The molecule has 0 aliphatic rings. The number of hydrogen-bond acceptors (Lipinski definition) is 2. The molecule has 334 valence electrons. The highest BCUT2D eigenvalue weighted by Gasteiger charge is 2.28. The van der Waals surface area contributed by atoms with Crippen molar-refractivity contribution in [3.8, 4) is 11.4 Å². The van der Waals surface area contributed by atoms with E-state index >= 15 is 0 Å². The largest absolute Gasteiger partial charge is 0.309 e. The smallest absolute Gasteiger partial charge is 0.0620 e. The predicted molar refractivity (Wildman–Crippen MR) is 298 cm³/mol. The van der Waals surface area contributed by atoms with Gasteiger partial charge in [0.05, 0.1) is 33.4 Å². The van der Waals surface area contributed by atoms with Crippen molar-refractivity contribution in [2.75, 3.05) is 9.80 Å². The van der Waals surface area contributed by atoms with Gasteiger partial charge >= 0.3 is 0 Å². The van der Waals surface area contributed by atoms with E-state index in [9.17, 15) is 0 Å². The lowest BCUT2D eigenvalue weighted by Gasteiger charge is -2.33. The highest BCUT2D eigenvalue weighted by Crippen LogP contribution is 2.52. The first kappa shape index (κ1) is 41.3. The number of para-hydroxylation sites is 6. The molecule has 4 heteroatoms. The highest BCUT2D eigenvalue weighted by atomic mass is 15.2. The maximum atomic E-state index is 2.49. The van der Waals surface area contributed by atoms with Crippen LogP contribution in [0.25, 0.3) is 76.5 Å². The lowest BCUT2D eigenvalue weighted by Crippen LogP contribution is -2.16. The minimum absolute atomic E-state index is 0.110. The van der Waals surface area contributed by atoms with Gasteiger partial charge in [-0.2, -0.15) is 0 Å². The summed E-state index contributed by atoms with van der Waals surface area (Å²) in [6, 6.07) is 91.2. The molecule has 0 atom stereocenters. The van der Waals surface area contributed by atoms with Crippen LogP contribution in [0.3, 0.4) is 0 Å². The third-order valence-electron chi connectivity index (χ3n) is 14.2. The molecule has 0 aliphatic heterocycles. The van der Waals surface area contributed by atoms with Gasteiger partial charge in [0.25, 0.3) is 0 Å². The molecular formula is C66H50N4. The van der Waals surface area contributed by atoms with Gasteiger partial charge in [0, 0.05) is 77.2 Å². The normalized spacial score (nSPS) is 11.9. The Bertz CT molecular complexity index is 4010. The zero-order chi connectivity index (χ0) is 46.9. The van der Waals surface area contributed by atoms with E-state index in [-0.39, 0.29) is 5.41 Å². The van der Waals surface area contributed by atoms with Crippen molar-refractivity contribution >= 4 is 99.3 Å². The summed E-state index contributed by atoms with van der Waals surface area (Å²) in [5.74, 6) is 0. The van der Waals surface area contributed by atoms with Gasteiger partial charge in [-0.15, -0.1) is 0 Å². The molecule has 2 heterocycles. The second kappa shape index (κ2) is 16.4. The molecule has 0 N–H and O–H groups in total. The molecule has 0 aliphatic carbocycles. The number of nitrogens with zero attached hydrogens (tertiary/aromatic N) is 4. The predicted octanol–water partition coefficient (Wildman–Crippen LogP) is 18.4. The van der Waals surface area contributed by atoms with Crippen LogP contribution in [0.2, 0.25) is 0 Å². The Labute approximate surface area is 408 Å². The van der Waals surface area contributed by atoms with Crippen LogP contribution in [0.15, 0.2) is 249 Å². The summed E-state index contributed by atoms with van der Waals surface area (Å²) in [5.41, 5.74) is 14.7. The molecule has 11 aromatic carbocycles. The molecule has 0 unspecified atom stereocenters. The van der Waals surface area contributed by atoms with Crippen LogP contribution >= 0.6 is 0 Å². The maximum Gasteiger partial charge on any atom is 0.0620 e. The summed E-state index contributed by atoms with van der Waals surface area (Å²) in [7, 11) is 0. The Morgan fingerprint density at radius 2 is 0.600 bits per heavy atom. The zero-order valence-electron chi connectivity index (χ0n) is 39.5. The van der Waals surface area contributed by atoms with E-state index in [1.54, 1.807) is 0 Å². The van der Waals surface area contributed by atoms with Gasteiger partial charge in [0.1, 0.15) is 0 Å². The van der Waals surface area contributed by atoms with E-state index < -0.39 is 0 Å². The monoisotopic (exact) mass is 898 g/mol. The Morgan fingerprint density at radius 3 is 1.00 bits per heavy atom. The summed E-state index contributed by atoms with van der Waals surface area (Å²) in [5, 5.41) is 9.62. The average Bonchev–Trinajstić information content (AvgIpc) is 3.93. The molecule has 4 nitrogen and oxygen atoms in total. The zero-order valence-corrected chi connectivity index (χ0v) is 39.5. The Morgan fingerprint density at radius 1 is 0.271 bits per heavy atom. The molecule has 0 fully saturated rings. The topological polar surface area (TPSA) is 16.3 Å². The minimum atomic E-state index is -0.110. The molecule has 0 saturated carbocycles. The fourth-order valence-corrected chi connectivity index (χ4v) is 11.0. The summed E-state index contributed by atoms with van der Waals surface area (Å²) in [4.78, 5) is 4.98. The summed E-state index contributed by atoms with van der Waals surface area (Å²) >= 11 is 0. The number of anilines is 6. The van der Waals surface area contributed by atoms with Crippen LogP contribution < -0.4 is 9.80 Å². The van der Waals surface area contributed by atoms with Crippen molar-refractivity contribution in [2.24, 2.45) is 0 Å². The van der Waals surface area contributed by atoms with Gasteiger partial charge in [-0.1, -0.05) is 178 Å². The molecule has 2 aromatic heterocycles. The Kier molecular flexibility index (Phi) is 9.70. The molecule has 0 radical (unpaired) electrons. The van der Waals surface area contributed by atoms with Gasteiger partial charge in [-0.05, 0) is 102 Å². The van der Waals surface area contributed by atoms with Crippen molar-refractivity contribution < 1.29 is 0 Å². The third-order valence-corrected chi connectivity index (χ3v) is 14.2. The highest BCUT2D eigenvalue weighted by molar-refractivity contribution is 6.23. The molecule has 13 rings (SSSR count). The number of hydrogen-bond donors (Lipinski definition) is 0. The van der Waals surface area contributed by atoms with E-state index in [4.69, 9.17) is 0 Å². The van der Waals surface area contributed by atoms with Gasteiger partial charge in [-0.3, -0.25) is 0 Å². The standard InChI is InChI=1S/C66H50N4/c1-66(2,3)45-40-41-58-59(42-45)65(68(47-24-8-5-9-25-47)49-27-21-29-51(44-49)70-62-38-18-14-32-54(62)55-33-15-19-39-63(55)70)57-35-11-10-34-56(57)64(58)67(46-22-6-4-7-23-46)48-26-20-28-50(43-48)69-60-36-16-12-30-52(60)53-31-13-17-37-61(53)69/h4-44H,1-3H3. The molecular weight excluding hydrogens is 849 g/mol. The minimum Gasteiger partial charge on any atom is -0.309 e. The third kappa shape index (κ3) is 6.67. The van der Waals surface area contributed by atoms with E-state index in [2.05, 4.69) is 288 Å². The van der Waals surface area contributed by atoms with Gasteiger partial charge in [-0.25, -0.2) is 0 Å². The van der Waals surface area contributed by atoms with Gasteiger partial charge in [0.2, 0.25) is 0 Å². The summed E-state index contributed by atoms with van der Waals surface area (Å²) in [6.07, 6.45) is 0. The van der Waals surface area contributed by atoms with Crippen molar-refractivity contribution in [3.63, 3.8) is 0 Å². The fraction of sp³-hybridized carbons (Fsp3) is 0.0606. The van der Waals surface area contributed by atoms with Crippen molar-refractivity contribution in [1.82, 2.24) is 9.13 Å². The number of aromatic nitrogens is 2. The molecule has 0 spiro atoms. The second-order valence-electron chi connectivity index (χ2n) is 19.4. The van der Waals surface area contributed by atoms with Crippen molar-refractivity contribution in [3.05, 3.63) is 254 Å². The first-order valence-corrected chi connectivity index (χ1v) is 24.3. The molecule has 70 heavy (non-hydrogen) atoms. The first-order chi connectivity index (χ1) is 34.4. The van der Waals surface area contributed by atoms with Crippen LogP contribution in [0.4, 0.5) is 34.1 Å². The molecule has 0 bridgehead atoms. The molecule has 13 aromatic rings. The van der Waals surface area contributed by atoms with E-state index in [0.717, 1.165) is 61.7 Å². The summed E-state index contributed by atoms with van der Waals surface area (Å²) in [6.45, 7) is 6.95. The fourth-order valence-electron chi connectivity index (χ4n) is 11.0. The van der Waals surface area contributed by atoms with Crippen LogP contribution in [-0.2, 0) is 5.41 Å². The van der Waals surface area contributed by atoms with Crippen LogP contribution in [-0.4, -0.2) is 9.13 Å². The summed E-state index contributed by atoms with van der Waals surface area (Å²) < 4.78 is 4.83. The number of fused-ring (bicyclic) bond motifs is 8. The quantitative estimate of drug-likeness (QED) is 0.112. The lowest BCUT2D eigenvalue weighted by molar-refractivity contribution is 0.591. The number of benzene rings is 11. The maximum absolute atomic E-state index is 2.49. The van der Waals surface area contributed by atoms with Gasteiger partial charge < -0.3 is 18.9 Å². The van der Waals surface area contributed by atoms with E-state index in [1.165, 1.54) is 54.6 Å². The Balaban J connectivity index is 1.10. The van der Waals surface area contributed by atoms with E-state index in [1.807, 2.05) is 0 Å². The van der Waals surface area contributed by atoms with Crippen LogP contribution in [0.5, 0.6) is 0 Å². The van der Waals surface area contributed by atoms with Crippen molar-refractivity contribution in [1.29, 1.82) is 0 Å². The second-order valence-corrected chi connectivity index (χ2v) is 19.4.